The Balaban J connectivity index is 1.90. The van der Waals surface area contributed by atoms with E-state index in [-0.39, 0.29) is 0 Å². The first-order valence-electron chi connectivity index (χ1n) is 7.65. The standard InChI is InChI=1S/C17H25NO/c1-4-8-18-12(2)9-14-10-13-6-5-7-17(19-3)15(13)11-16(14)18/h5-7,12,14,16H,4,8-11H2,1-3H3/t12-,14+,16?/m1/s1. The Labute approximate surface area is 116 Å². The Morgan fingerprint density at radius 1 is 1.32 bits per heavy atom. The maximum Gasteiger partial charge on any atom is 0.122 e. The van der Waals surface area contributed by atoms with Gasteiger partial charge in [-0.3, -0.25) is 4.90 Å². The Morgan fingerprint density at radius 2 is 2.16 bits per heavy atom. The average Bonchev–Trinajstić information content (AvgIpc) is 2.72. The van der Waals surface area contributed by atoms with E-state index in [1.807, 2.05) is 0 Å². The Kier molecular flexibility index (Phi) is 3.53. The van der Waals surface area contributed by atoms with Crippen LogP contribution in [0.1, 0.15) is 37.8 Å². The lowest BCUT2D eigenvalue weighted by Gasteiger charge is -2.34. The normalized spacial score (nSPS) is 29.9. The number of benzene rings is 1. The molecule has 1 unspecified atom stereocenters. The minimum atomic E-state index is 0.735. The van der Waals surface area contributed by atoms with Gasteiger partial charge in [0.2, 0.25) is 0 Å². The number of hydrogen-bond donors (Lipinski definition) is 0. The molecule has 2 heteroatoms. The van der Waals surface area contributed by atoms with E-state index in [4.69, 9.17) is 4.74 Å². The second-order valence-electron chi connectivity index (χ2n) is 6.16. The number of rotatable bonds is 3. The monoisotopic (exact) mass is 259 g/mol. The fraction of sp³-hybridized carbons (Fsp3) is 0.647. The summed E-state index contributed by atoms with van der Waals surface area (Å²) < 4.78 is 5.56. The van der Waals surface area contributed by atoms with E-state index in [1.165, 1.54) is 43.4 Å². The molecule has 1 fully saturated rings. The van der Waals surface area contributed by atoms with Crippen molar-refractivity contribution in [2.45, 2.75) is 51.6 Å². The molecule has 0 spiro atoms. The number of methoxy groups -OCH3 is 1. The third kappa shape index (κ3) is 2.16. The van der Waals surface area contributed by atoms with Gasteiger partial charge in [-0.15, -0.1) is 0 Å². The predicted octanol–water partition coefficient (Wildman–Crippen LogP) is 3.28. The molecule has 1 aliphatic heterocycles. The SMILES string of the molecule is CCCN1C2Cc3c(cccc3OC)C[C@@H]2C[C@H]1C. The van der Waals surface area contributed by atoms with Crippen LogP contribution in [0, 0.1) is 5.92 Å². The molecule has 1 aliphatic carbocycles. The minimum Gasteiger partial charge on any atom is -0.496 e. The highest BCUT2D eigenvalue weighted by Gasteiger charge is 2.41. The summed E-state index contributed by atoms with van der Waals surface area (Å²) >= 11 is 0. The van der Waals surface area contributed by atoms with Crippen molar-refractivity contribution in [3.05, 3.63) is 29.3 Å². The summed E-state index contributed by atoms with van der Waals surface area (Å²) in [6.07, 6.45) is 5.03. The van der Waals surface area contributed by atoms with E-state index >= 15 is 0 Å². The molecule has 2 nitrogen and oxygen atoms in total. The summed E-state index contributed by atoms with van der Waals surface area (Å²) in [7, 11) is 1.79. The topological polar surface area (TPSA) is 12.5 Å². The van der Waals surface area contributed by atoms with Gasteiger partial charge in [-0.25, -0.2) is 0 Å². The second-order valence-corrected chi connectivity index (χ2v) is 6.16. The van der Waals surface area contributed by atoms with Crippen LogP contribution in [0.3, 0.4) is 0 Å². The van der Waals surface area contributed by atoms with Gasteiger partial charge in [0, 0.05) is 12.1 Å². The summed E-state index contributed by atoms with van der Waals surface area (Å²) in [5, 5.41) is 0. The predicted molar refractivity (Wildman–Crippen MR) is 78.8 cm³/mol. The van der Waals surface area contributed by atoms with E-state index in [0.29, 0.717) is 0 Å². The first kappa shape index (κ1) is 13.0. The fourth-order valence-electron chi connectivity index (χ4n) is 4.19. The highest BCUT2D eigenvalue weighted by molar-refractivity contribution is 5.43. The molecule has 19 heavy (non-hydrogen) atoms. The van der Waals surface area contributed by atoms with Crippen molar-refractivity contribution in [1.29, 1.82) is 0 Å². The van der Waals surface area contributed by atoms with Crippen LogP contribution < -0.4 is 4.74 Å². The molecule has 0 radical (unpaired) electrons. The maximum atomic E-state index is 5.56. The first-order valence-corrected chi connectivity index (χ1v) is 7.65. The molecular formula is C17H25NO. The molecule has 0 bridgehead atoms. The lowest BCUT2D eigenvalue weighted by Crippen LogP contribution is -2.40. The number of likely N-dealkylation sites (tertiary alicyclic amines) is 1. The highest BCUT2D eigenvalue weighted by Crippen LogP contribution is 2.41. The van der Waals surface area contributed by atoms with E-state index < -0.39 is 0 Å². The third-order valence-electron chi connectivity index (χ3n) is 5.01. The smallest absolute Gasteiger partial charge is 0.122 e. The van der Waals surface area contributed by atoms with Crippen LogP contribution in [0.15, 0.2) is 18.2 Å². The van der Waals surface area contributed by atoms with Crippen LogP contribution in [-0.4, -0.2) is 30.6 Å². The van der Waals surface area contributed by atoms with Gasteiger partial charge >= 0.3 is 0 Å². The van der Waals surface area contributed by atoms with Crippen LogP contribution in [0.5, 0.6) is 5.75 Å². The zero-order valence-corrected chi connectivity index (χ0v) is 12.4. The summed E-state index contributed by atoms with van der Waals surface area (Å²) in [6.45, 7) is 5.93. The van der Waals surface area contributed by atoms with Gasteiger partial charge in [0.15, 0.2) is 0 Å². The second kappa shape index (κ2) is 5.16. The first-order chi connectivity index (χ1) is 9.24. The van der Waals surface area contributed by atoms with Crippen molar-refractivity contribution >= 4 is 0 Å². The molecule has 1 heterocycles. The third-order valence-corrected chi connectivity index (χ3v) is 5.01. The summed E-state index contributed by atoms with van der Waals surface area (Å²) in [6, 6.07) is 8.03. The quantitative estimate of drug-likeness (QED) is 0.826. The molecule has 0 amide bonds. The van der Waals surface area contributed by atoms with Crippen molar-refractivity contribution in [1.82, 2.24) is 4.90 Å². The van der Waals surface area contributed by atoms with Crippen LogP contribution in [0.4, 0.5) is 0 Å². The number of hydrogen-bond acceptors (Lipinski definition) is 2. The van der Waals surface area contributed by atoms with E-state index in [0.717, 1.165) is 23.8 Å². The van der Waals surface area contributed by atoms with Gasteiger partial charge in [-0.05, 0) is 62.3 Å². The molecule has 0 aromatic heterocycles. The van der Waals surface area contributed by atoms with Gasteiger partial charge in [-0.1, -0.05) is 19.1 Å². The molecule has 0 saturated carbocycles. The largest absolute Gasteiger partial charge is 0.496 e. The Hall–Kier alpha value is -1.02. The summed E-state index contributed by atoms with van der Waals surface area (Å²) in [5.41, 5.74) is 2.98. The number of fused-ring (bicyclic) bond motifs is 2. The van der Waals surface area contributed by atoms with Crippen molar-refractivity contribution in [3.63, 3.8) is 0 Å². The molecule has 3 atom stereocenters. The molecule has 1 aromatic carbocycles. The van der Waals surface area contributed by atoms with Crippen LogP contribution in [0.25, 0.3) is 0 Å². The van der Waals surface area contributed by atoms with Crippen molar-refractivity contribution in [2.24, 2.45) is 5.92 Å². The van der Waals surface area contributed by atoms with Gasteiger partial charge < -0.3 is 4.74 Å². The molecule has 3 rings (SSSR count). The van der Waals surface area contributed by atoms with E-state index in [2.05, 4.69) is 36.9 Å². The van der Waals surface area contributed by atoms with Crippen LogP contribution >= 0.6 is 0 Å². The summed E-state index contributed by atoms with van der Waals surface area (Å²) in [5.74, 6) is 1.94. The molecule has 2 aliphatic rings. The zero-order chi connectivity index (χ0) is 13.4. The lowest BCUT2D eigenvalue weighted by molar-refractivity contribution is 0.180. The lowest BCUT2D eigenvalue weighted by atomic mass is 9.80. The van der Waals surface area contributed by atoms with Crippen LogP contribution in [-0.2, 0) is 12.8 Å². The van der Waals surface area contributed by atoms with E-state index in [9.17, 15) is 0 Å². The highest BCUT2D eigenvalue weighted by atomic mass is 16.5. The number of ether oxygens (including phenoxy) is 1. The average molecular weight is 259 g/mol. The fourth-order valence-corrected chi connectivity index (χ4v) is 4.19. The van der Waals surface area contributed by atoms with Crippen LogP contribution in [0.2, 0.25) is 0 Å². The Morgan fingerprint density at radius 3 is 2.89 bits per heavy atom. The minimum absolute atomic E-state index is 0.735. The molecular weight excluding hydrogens is 234 g/mol. The van der Waals surface area contributed by atoms with Crippen molar-refractivity contribution in [3.8, 4) is 5.75 Å². The molecule has 0 N–H and O–H groups in total. The van der Waals surface area contributed by atoms with Crippen molar-refractivity contribution < 1.29 is 4.74 Å². The van der Waals surface area contributed by atoms with Gasteiger partial charge in [0.1, 0.15) is 5.75 Å². The molecule has 104 valence electrons. The molecule has 1 saturated heterocycles. The zero-order valence-electron chi connectivity index (χ0n) is 12.4. The Bertz CT molecular complexity index is 457. The van der Waals surface area contributed by atoms with Crippen molar-refractivity contribution in [2.75, 3.05) is 13.7 Å². The van der Waals surface area contributed by atoms with E-state index in [1.54, 1.807) is 7.11 Å². The van der Waals surface area contributed by atoms with Gasteiger partial charge in [0.05, 0.1) is 7.11 Å². The van der Waals surface area contributed by atoms with Gasteiger partial charge in [-0.2, -0.15) is 0 Å². The maximum absolute atomic E-state index is 5.56. The number of nitrogens with zero attached hydrogens (tertiary/aromatic N) is 1. The molecule has 1 aromatic rings. The summed E-state index contributed by atoms with van der Waals surface area (Å²) in [4.78, 5) is 2.74. The van der Waals surface area contributed by atoms with Gasteiger partial charge in [0.25, 0.3) is 0 Å².